The van der Waals surface area contributed by atoms with Gasteiger partial charge in [0, 0.05) is 21.8 Å². The first-order chi connectivity index (χ1) is 23.2. The molecule has 2 aromatic heterocycles. The van der Waals surface area contributed by atoms with E-state index in [0.717, 1.165) is 66.5 Å². The summed E-state index contributed by atoms with van der Waals surface area (Å²) >= 11 is 0. The smallest absolute Gasteiger partial charge is 0.159 e. The molecule has 4 heteroatoms. The van der Waals surface area contributed by atoms with Gasteiger partial charge in [0.2, 0.25) is 0 Å². The van der Waals surface area contributed by atoms with Crippen LogP contribution in [0.25, 0.3) is 49.4 Å². The van der Waals surface area contributed by atoms with E-state index in [-0.39, 0.29) is 0 Å². The Morgan fingerprint density at radius 2 is 1.17 bits per heavy atom. The predicted molar refractivity (Wildman–Crippen MR) is 197 cm³/mol. The number of hydrogen-bond donors (Lipinski definition) is 0. The van der Waals surface area contributed by atoms with E-state index in [9.17, 15) is 0 Å². The standard InChI is InChI=1S/C43H30NO2Si/c1-29-14-8-12-22-38(29)46-43-41(47(31-15-4-2-5-16-31)32-17-6-3-7-18-32)27-25-37-42(43)34-20-9-11-21-36(34)44(37)30-24-26-40-35(28-30)33-19-10-13-23-39(33)45-40/h2-28H,1H3. The fourth-order valence-electron chi connectivity index (χ4n) is 6.93. The Labute approximate surface area is 274 Å². The number of furan rings is 1. The third kappa shape index (κ3) is 4.57. The van der Waals surface area contributed by atoms with Crippen LogP contribution in [0, 0.1) is 6.92 Å². The summed E-state index contributed by atoms with van der Waals surface area (Å²) in [5.41, 5.74) is 6.21. The van der Waals surface area contributed by atoms with Gasteiger partial charge < -0.3 is 13.7 Å². The van der Waals surface area contributed by atoms with Crippen molar-refractivity contribution in [1.29, 1.82) is 0 Å². The maximum absolute atomic E-state index is 7.15. The normalized spacial score (nSPS) is 11.7. The largest absolute Gasteiger partial charge is 0.456 e. The molecule has 2 heterocycles. The molecule has 223 valence electrons. The number of ether oxygens (including phenoxy) is 1. The van der Waals surface area contributed by atoms with Crippen molar-refractivity contribution < 1.29 is 9.15 Å². The summed E-state index contributed by atoms with van der Waals surface area (Å²) in [6.07, 6.45) is 0. The molecule has 0 atom stereocenters. The molecule has 0 N–H and O–H groups in total. The van der Waals surface area contributed by atoms with Gasteiger partial charge in [0.1, 0.15) is 22.7 Å². The quantitative estimate of drug-likeness (QED) is 0.137. The zero-order valence-electron chi connectivity index (χ0n) is 25.9. The average Bonchev–Trinajstić information content (AvgIpc) is 3.66. The van der Waals surface area contributed by atoms with Crippen LogP contribution in [0.15, 0.2) is 168 Å². The van der Waals surface area contributed by atoms with E-state index in [1.807, 2.05) is 12.1 Å². The molecule has 0 saturated carbocycles. The minimum Gasteiger partial charge on any atom is -0.456 e. The van der Waals surface area contributed by atoms with Gasteiger partial charge in [0.25, 0.3) is 0 Å². The number of rotatable bonds is 6. The second-order valence-electron chi connectivity index (χ2n) is 11.9. The molecule has 0 fully saturated rings. The molecule has 0 amide bonds. The summed E-state index contributed by atoms with van der Waals surface area (Å²) in [5, 5.41) is 8.37. The van der Waals surface area contributed by atoms with Crippen molar-refractivity contribution in [3.63, 3.8) is 0 Å². The van der Waals surface area contributed by atoms with Crippen LogP contribution in [0.3, 0.4) is 0 Å². The molecule has 1 radical (unpaired) electrons. The van der Waals surface area contributed by atoms with Gasteiger partial charge in [-0.3, -0.25) is 0 Å². The summed E-state index contributed by atoms with van der Waals surface area (Å²) in [6.45, 7) is 2.11. The fraction of sp³-hybridized carbons (Fsp3) is 0.0233. The molecule has 0 spiro atoms. The van der Waals surface area contributed by atoms with Crippen LogP contribution in [0.4, 0.5) is 0 Å². The topological polar surface area (TPSA) is 27.3 Å². The Balaban J connectivity index is 1.37. The Hall–Kier alpha value is -5.84. The minimum atomic E-state index is -1.44. The highest BCUT2D eigenvalue weighted by molar-refractivity contribution is 6.96. The first-order valence-corrected chi connectivity index (χ1v) is 17.4. The molecule has 0 saturated heterocycles. The fourth-order valence-corrected chi connectivity index (χ4v) is 9.59. The van der Waals surface area contributed by atoms with Crippen LogP contribution in [0.5, 0.6) is 11.5 Å². The molecule has 0 aliphatic rings. The molecule has 0 bridgehead atoms. The number of hydrogen-bond acceptors (Lipinski definition) is 2. The van der Waals surface area contributed by atoms with Gasteiger partial charge >= 0.3 is 0 Å². The molecule has 0 aliphatic carbocycles. The molecule has 3 nitrogen and oxygen atoms in total. The van der Waals surface area contributed by atoms with E-state index in [1.165, 1.54) is 15.6 Å². The van der Waals surface area contributed by atoms with Crippen molar-refractivity contribution in [1.82, 2.24) is 4.57 Å². The lowest BCUT2D eigenvalue weighted by Gasteiger charge is -2.22. The van der Waals surface area contributed by atoms with Gasteiger partial charge in [0.15, 0.2) is 8.80 Å². The second-order valence-corrected chi connectivity index (χ2v) is 14.4. The van der Waals surface area contributed by atoms with Crippen molar-refractivity contribution in [2.24, 2.45) is 0 Å². The predicted octanol–water partition coefficient (Wildman–Crippen LogP) is 9.30. The zero-order chi connectivity index (χ0) is 31.3. The van der Waals surface area contributed by atoms with Crippen molar-refractivity contribution in [2.45, 2.75) is 6.92 Å². The zero-order valence-corrected chi connectivity index (χ0v) is 26.9. The molecular formula is C43H30NO2Si. The van der Waals surface area contributed by atoms with Crippen LogP contribution in [-0.2, 0) is 0 Å². The molecule has 9 rings (SSSR count). The number of para-hydroxylation sites is 3. The van der Waals surface area contributed by atoms with Gasteiger partial charge in [-0.05, 0) is 60.1 Å². The van der Waals surface area contributed by atoms with Crippen molar-refractivity contribution >= 4 is 68.1 Å². The van der Waals surface area contributed by atoms with E-state index in [2.05, 4.69) is 163 Å². The summed E-state index contributed by atoms with van der Waals surface area (Å²) < 4.78 is 15.7. The lowest BCUT2D eigenvalue weighted by molar-refractivity contribution is 0.488. The van der Waals surface area contributed by atoms with Gasteiger partial charge in [0.05, 0.1) is 16.4 Å². The highest BCUT2D eigenvalue weighted by Gasteiger charge is 2.28. The van der Waals surface area contributed by atoms with Crippen LogP contribution in [0.1, 0.15) is 5.56 Å². The monoisotopic (exact) mass is 620 g/mol. The number of aryl methyl sites for hydroxylation is 1. The first kappa shape index (κ1) is 27.5. The first-order valence-electron chi connectivity index (χ1n) is 15.9. The second kappa shape index (κ2) is 11.2. The van der Waals surface area contributed by atoms with Gasteiger partial charge in [-0.25, -0.2) is 0 Å². The van der Waals surface area contributed by atoms with Gasteiger partial charge in [-0.15, -0.1) is 0 Å². The van der Waals surface area contributed by atoms with Crippen LogP contribution < -0.4 is 20.3 Å². The maximum Gasteiger partial charge on any atom is 0.159 e. The van der Waals surface area contributed by atoms with Crippen LogP contribution in [0.2, 0.25) is 0 Å². The molecule has 0 unspecified atom stereocenters. The summed E-state index contributed by atoms with van der Waals surface area (Å²) in [7, 11) is -1.44. The number of fused-ring (bicyclic) bond motifs is 6. The van der Waals surface area contributed by atoms with E-state index in [0.29, 0.717) is 0 Å². The van der Waals surface area contributed by atoms with Crippen molar-refractivity contribution in [2.75, 3.05) is 0 Å². The van der Waals surface area contributed by atoms with E-state index in [1.54, 1.807) is 0 Å². The molecule has 9 aromatic rings. The highest BCUT2D eigenvalue weighted by Crippen LogP contribution is 2.40. The number of nitrogens with zero attached hydrogens (tertiary/aromatic N) is 1. The van der Waals surface area contributed by atoms with Crippen LogP contribution in [-0.4, -0.2) is 13.4 Å². The molecule has 0 aliphatic heterocycles. The van der Waals surface area contributed by atoms with Crippen molar-refractivity contribution in [3.8, 4) is 17.2 Å². The number of benzene rings is 7. The Bertz CT molecular complexity index is 2530. The van der Waals surface area contributed by atoms with Crippen molar-refractivity contribution in [3.05, 3.63) is 169 Å². The SMILES string of the molecule is Cc1ccccc1Oc1c([Si](c2ccccc2)c2ccccc2)ccc2c1c1ccccc1n2-c1ccc2oc3ccccc3c2c1. The number of aromatic nitrogens is 1. The lowest BCUT2D eigenvalue weighted by Crippen LogP contribution is -2.52. The summed E-state index contributed by atoms with van der Waals surface area (Å²) in [5.74, 6) is 1.79. The molecular weight excluding hydrogens is 591 g/mol. The maximum atomic E-state index is 7.15. The Kier molecular flexibility index (Phi) is 6.54. The summed E-state index contributed by atoms with van der Waals surface area (Å²) in [4.78, 5) is 0. The molecule has 7 aromatic carbocycles. The Morgan fingerprint density at radius 1 is 0.532 bits per heavy atom. The third-order valence-corrected chi connectivity index (χ3v) is 11.9. The highest BCUT2D eigenvalue weighted by atomic mass is 28.3. The third-order valence-electron chi connectivity index (χ3n) is 9.11. The van der Waals surface area contributed by atoms with Gasteiger partial charge in [-0.2, -0.15) is 0 Å². The summed E-state index contributed by atoms with van der Waals surface area (Å²) in [6, 6.07) is 58.2. The lowest BCUT2D eigenvalue weighted by atomic mass is 10.1. The Morgan fingerprint density at radius 3 is 1.94 bits per heavy atom. The average molecular weight is 621 g/mol. The minimum absolute atomic E-state index is 0.867. The van der Waals surface area contributed by atoms with Gasteiger partial charge in [-0.1, -0.05) is 132 Å². The van der Waals surface area contributed by atoms with E-state index in [4.69, 9.17) is 9.15 Å². The van der Waals surface area contributed by atoms with E-state index < -0.39 is 8.80 Å². The molecule has 47 heavy (non-hydrogen) atoms. The van der Waals surface area contributed by atoms with E-state index >= 15 is 0 Å². The van der Waals surface area contributed by atoms with Crippen LogP contribution >= 0.6 is 0 Å².